The lowest BCUT2D eigenvalue weighted by atomic mass is 10.1. The molecule has 2 heterocycles. The Labute approximate surface area is 127 Å². The molecule has 122 valence electrons. The van der Waals surface area contributed by atoms with Crippen LogP contribution in [0.4, 0.5) is 4.79 Å². The molecule has 6 heteroatoms. The van der Waals surface area contributed by atoms with E-state index in [0.717, 1.165) is 58.9 Å². The molecule has 2 fully saturated rings. The van der Waals surface area contributed by atoms with E-state index in [1.54, 1.807) is 0 Å². The van der Waals surface area contributed by atoms with Gasteiger partial charge in [0.1, 0.15) is 5.60 Å². The SMILES string of the molecule is CC(C)(C)OC(=O)N1CCNC(CCN2CCOCC2)C1. The first-order valence-corrected chi connectivity index (χ1v) is 7.95. The average Bonchev–Trinajstić information content (AvgIpc) is 2.45. The third-order valence-corrected chi connectivity index (χ3v) is 3.80. The Morgan fingerprint density at radius 2 is 2.00 bits per heavy atom. The van der Waals surface area contributed by atoms with Crippen LogP contribution in [-0.4, -0.2) is 80.0 Å². The molecule has 6 nitrogen and oxygen atoms in total. The van der Waals surface area contributed by atoms with Gasteiger partial charge in [-0.15, -0.1) is 0 Å². The summed E-state index contributed by atoms with van der Waals surface area (Å²) in [6.07, 6.45) is 0.861. The number of rotatable bonds is 3. The largest absolute Gasteiger partial charge is 0.444 e. The number of morpholine rings is 1. The smallest absolute Gasteiger partial charge is 0.410 e. The fraction of sp³-hybridized carbons (Fsp3) is 0.933. The van der Waals surface area contributed by atoms with Crippen LogP contribution in [0.5, 0.6) is 0 Å². The van der Waals surface area contributed by atoms with Gasteiger partial charge >= 0.3 is 6.09 Å². The summed E-state index contributed by atoms with van der Waals surface area (Å²) in [6, 6.07) is 0.356. The van der Waals surface area contributed by atoms with E-state index in [4.69, 9.17) is 9.47 Å². The standard InChI is InChI=1S/C15H29N3O3/c1-15(2,3)21-14(19)18-7-5-16-13(12-18)4-6-17-8-10-20-11-9-17/h13,16H,4-12H2,1-3H3. The van der Waals surface area contributed by atoms with Crippen LogP contribution in [0.2, 0.25) is 0 Å². The Kier molecular flexibility index (Phi) is 5.84. The molecule has 21 heavy (non-hydrogen) atoms. The van der Waals surface area contributed by atoms with Gasteiger partial charge in [-0.2, -0.15) is 0 Å². The molecule has 0 saturated carbocycles. The monoisotopic (exact) mass is 299 g/mol. The number of amides is 1. The van der Waals surface area contributed by atoms with Gasteiger partial charge in [-0.05, 0) is 33.7 Å². The minimum Gasteiger partial charge on any atom is -0.444 e. The van der Waals surface area contributed by atoms with E-state index >= 15 is 0 Å². The van der Waals surface area contributed by atoms with Gasteiger partial charge < -0.3 is 19.7 Å². The predicted octanol–water partition coefficient (Wildman–Crippen LogP) is 0.918. The molecular formula is C15H29N3O3. The fourth-order valence-corrected chi connectivity index (χ4v) is 2.67. The first-order chi connectivity index (χ1) is 9.94. The molecule has 0 spiro atoms. The number of ether oxygens (including phenoxy) is 2. The number of carbonyl (C=O) groups is 1. The van der Waals surface area contributed by atoms with Crippen molar-refractivity contribution in [1.29, 1.82) is 0 Å². The number of nitrogens with zero attached hydrogens (tertiary/aromatic N) is 2. The molecule has 2 aliphatic heterocycles. The van der Waals surface area contributed by atoms with E-state index in [1.165, 1.54) is 0 Å². The van der Waals surface area contributed by atoms with Crippen molar-refractivity contribution in [3.63, 3.8) is 0 Å². The highest BCUT2D eigenvalue weighted by Gasteiger charge is 2.27. The van der Waals surface area contributed by atoms with Crippen molar-refractivity contribution >= 4 is 6.09 Å². The molecule has 1 amide bonds. The molecule has 0 aromatic carbocycles. The van der Waals surface area contributed by atoms with Crippen molar-refractivity contribution in [3.05, 3.63) is 0 Å². The first-order valence-electron chi connectivity index (χ1n) is 7.95. The summed E-state index contributed by atoms with van der Waals surface area (Å²) in [5, 5.41) is 3.50. The van der Waals surface area contributed by atoms with E-state index in [1.807, 2.05) is 25.7 Å². The van der Waals surface area contributed by atoms with Crippen LogP contribution < -0.4 is 5.32 Å². The van der Waals surface area contributed by atoms with Gasteiger partial charge in [0.2, 0.25) is 0 Å². The molecule has 1 atom stereocenters. The Bertz CT molecular complexity index is 338. The normalized spacial score (nSPS) is 24.9. The van der Waals surface area contributed by atoms with Crippen LogP contribution in [0.1, 0.15) is 27.2 Å². The molecule has 1 unspecified atom stereocenters. The van der Waals surface area contributed by atoms with Crippen molar-refractivity contribution in [2.24, 2.45) is 0 Å². The molecule has 0 aromatic heterocycles. The molecule has 2 aliphatic rings. The van der Waals surface area contributed by atoms with Gasteiger partial charge in [0.25, 0.3) is 0 Å². The summed E-state index contributed by atoms with van der Waals surface area (Å²) in [4.78, 5) is 16.4. The summed E-state index contributed by atoms with van der Waals surface area (Å²) in [7, 11) is 0. The minimum absolute atomic E-state index is 0.194. The van der Waals surface area contributed by atoms with E-state index in [-0.39, 0.29) is 6.09 Å². The average molecular weight is 299 g/mol. The van der Waals surface area contributed by atoms with Crippen LogP contribution in [0, 0.1) is 0 Å². The highest BCUT2D eigenvalue weighted by atomic mass is 16.6. The van der Waals surface area contributed by atoms with Gasteiger partial charge in [-0.3, -0.25) is 4.90 Å². The number of nitrogens with one attached hydrogen (secondary N) is 1. The second-order valence-corrected chi connectivity index (χ2v) is 6.82. The van der Waals surface area contributed by atoms with Crippen molar-refractivity contribution in [2.45, 2.75) is 38.8 Å². The van der Waals surface area contributed by atoms with E-state index < -0.39 is 5.60 Å². The molecule has 2 saturated heterocycles. The number of piperazine rings is 1. The van der Waals surface area contributed by atoms with Crippen molar-refractivity contribution in [1.82, 2.24) is 15.1 Å². The molecule has 1 N–H and O–H groups in total. The molecule has 0 aromatic rings. The Morgan fingerprint density at radius 1 is 1.29 bits per heavy atom. The number of carbonyl (C=O) groups excluding carboxylic acids is 1. The summed E-state index contributed by atoms with van der Waals surface area (Å²) < 4.78 is 10.8. The molecular weight excluding hydrogens is 270 g/mol. The lowest BCUT2D eigenvalue weighted by Crippen LogP contribution is -2.54. The molecule has 0 bridgehead atoms. The Morgan fingerprint density at radius 3 is 2.67 bits per heavy atom. The Hall–Kier alpha value is -0.850. The number of hydrogen-bond donors (Lipinski definition) is 1. The van der Waals surface area contributed by atoms with Gasteiger partial charge in [0, 0.05) is 38.8 Å². The zero-order valence-electron chi connectivity index (χ0n) is 13.6. The predicted molar refractivity (Wildman–Crippen MR) is 81.5 cm³/mol. The summed E-state index contributed by atoms with van der Waals surface area (Å²) in [5.41, 5.74) is -0.425. The third-order valence-electron chi connectivity index (χ3n) is 3.80. The number of hydrogen-bond acceptors (Lipinski definition) is 5. The quantitative estimate of drug-likeness (QED) is 0.840. The highest BCUT2D eigenvalue weighted by Crippen LogP contribution is 2.12. The summed E-state index contributed by atoms with van der Waals surface area (Å²) >= 11 is 0. The summed E-state index contributed by atoms with van der Waals surface area (Å²) in [6.45, 7) is 12.8. The minimum atomic E-state index is -0.425. The van der Waals surface area contributed by atoms with Crippen LogP contribution in [-0.2, 0) is 9.47 Å². The van der Waals surface area contributed by atoms with Gasteiger partial charge in [-0.1, -0.05) is 0 Å². The maximum Gasteiger partial charge on any atom is 0.410 e. The van der Waals surface area contributed by atoms with Crippen molar-refractivity contribution in [2.75, 3.05) is 52.5 Å². The summed E-state index contributed by atoms with van der Waals surface area (Å²) in [5.74, 6) is 0. The maximum atomic E-state index is 12.1. The van der Waals surface area contributed by atoms with Gasteiger partial charge in [0.15, 0.2) is 0 Å². The fourth-order valence-electron chi connectivity index (χ4n) is 2.67. The zero-order valence-corrected chi connectivity index (χ0v) is 13.6. The first kappa shape index (κ1) is 16.5. The highest BCUT2D eigenvalue weighted by molar-refractivity contribution is 5.68. The molecule has 0 radical (unpaired) electrons. The van der Waals surface area contributed by atoms with Gasteiger partial charge in [-0.25, -0.2) is 4.79 Å². The zero-order chi connectivity index (χ0) is 15.3. The maximum absolute atomic E-state index is 12.1. The van der Waals surface area contributed by atoms with E-state index in [2.05, 4.69) is 10.2 Å². The molecule has 0 aliphatic carbocycles. The third kappa shape index (κ3) is 5.80. The van der Waals surface area contributed by atoms with Crippen LogP contribution in [0.25, 0.3) is 0 Å². The van der Waals surface area contributed by atoms with Gasteiger partial charge in [0.05, 0.1) is 13.2 Å². The topological polar surface area (TPSA) is 54.0 Å². The van der Waals surface area contributed by atoms with Crippen LogP contribution in [0.3, 0.4) is 0 Å². The molecule has 2 rings (SSSR count). The van der Waals surface area contributed by atoms with Crippen LogP contribution >= 0.6 is 0 Å². The second-order valence-electron chi connectivity index (χ2n) is 6.82. The lowest BCUT2D eigenvalue weighted by Gasteiger charge is -2.36. The lowest BCUT2D eigenvalue weighted by molar-refractivity contribution is 0.0169. The van der Waals surface area contributed by atoms with Crippen LogP contribution in [0.15, 0.2) is 0 Å². The van der Waals surface area contributed by atoms with Crippen molar-refractivity contribution < 1.29 is 14.3 Å². The van der Waals surface area contributed by atoms with Crippen molar-refractivity contribution in [3.8, 4) is 0 Å². The second kappa shape index (κ2) is 7.42. The van der Waals surface area contributed by atoms with E-state index in [9.17, 15) is 4.79 Å². The Balaban J connectivity index is 1.73. The van der Waals surface area contributed by atoms with E-state index in [0.29, 0.717) is 6.04 Å².